The van der Waals surface area contributed by atoms with E-state index < -0.39 is 11.3 Å². The van der Waals surface area contributed by atoms with E-state index in [0.717, 1.165) is 24.2 Å². The van der Waals surface area contributed by atoms with Gasteiger partial charge >= 0.3 is 0 Å². The van der Waals surface area contributed by atoms with Crippen LogP contribution in [0.4, 0.5) is 0 Å². The minimum atomic E-state index is -0.590. The highest BCUT2D eigenvalue weighted by Gasteiger charge is 2.49. The maximum absolute atomic E-state index is 11.7. The molecule has 3 aliphatic rings. The summed E-state index contributed by atoms with van der Waals surface area (Å²) in [5, 5.41) is 18.9. The van der Waals surface area contributed by atoms with Crippen molar-refractivity contribution in [2.24, 2.45) is 11.8 Å². The summed E-state index contributed by atoms with van der Waals surface area (Å²) < 4.78 is 11.7. The molecule has 2 fully saturated rings. The third-order valence-corrected chi connectivity index (χ3v) is 6.62. The largest absolute Gasteiger partial charge is 0.493 e. The van der Waals surface area contributed by atoms with Crippen molar-refractivity contribution in [2.45, 2.75) is 56.5 Å². The Kier molecular flexibility index (Phi) is 5.03. The van der Waals surface area contributed by atoms with Gasteiger partial charge in [0.15, 0.2) is 11.5 Å². The SMILES string of the molecule is COc1ccc([C@@]2(C#N)C[C@@H]3CC(C(=O)NO)=C[C@@H]3C2)cc1OC1CCCC1. The van der Waals surface area contributed by atoms with Gasteiger partial charge in [0.2, 0.25) is 0 Å². The van der Waals surface area contributed by atoms with Crippen LogP contribution >= 0.6 is 0 Å². The average Bonchev–Trinajstić information content (AvgIpc) is 3.43. The lowest BCUT2D eigenvalue weighted by molar-refractivity contribution is -0.125. The highest BCUT2D eigenvalue weighted by atomic mass is 16.5. The number of hydrogen-bond donors (Lipinski definition) is 2. The minimum Gasteiger partial charge on any atom is -0.493 e. The van der Waals surface area contributed by atoms with Crippen molar-refractivity contribution in [3.8, 4) is 17.6 Å². The molecule has 28 heavy (non-hydrogen) atoms. The summed E-state index contributed by atoms with van der Waals surface area (Å²) >= 11 is 0. The molecule has 2 N–H and O–H groups in total. The van der Waals surface area contributed by atoms with E-state index in [-0.39, 0.29) is 17.9 Å². The van der Waals surface area contributed by atoms with Crippen LogP contribution < -0.4 is 15.0 Å². The molecule has 1 aromatic carbocycles. The normalized spacial score (nSPS) is 29.1. The van der Waals surface area contributed by atoms with E-state index in [1.165, 1.54) is 12.8 Å². The van der Waals surface area contributed by atoms with Gasteiger partial charge in [-0.05, 0) is 74.5 Å². The maximum atomic E-state index is 11.7. The molecule has 0 heterocycles. The standard InChI is InChI=1S/C22H26N2O4/c1-27-19-7-6-17(10-20(19)28-18-4-2-3-5-18)22(13-23)11-15-8-14(21(25)24-26)9-16(15)12-22/h6-8,10,15-16,18,26H,2-5,9,11-12H2,1H3,(H,24,25)/t15-,16+,22-/m1/s1. The molecule has 1 amide bonds. The molecule has 0 bridgehead atoms. The van der Waals surface area contributed by atoms with Crippen molar-refractivity contribution in [3.63, 3.8) is 0 Å². The first-order chi connectivity index (χ1) is 13.6. The molecular formula is C22H26N2O4. The molecule has 6 nitrogen and oxygen atoms in total. The van der Waals surface area contributed by atoms with Gasteiger partial charge in [0, 0.05) is 5.57 Å². The van der Waals surface area contributed by atoms with Gasteiger partial charge in [-0.2, -0.15) is 5.26 Å². The van der Waals surface area contributed by atoms with Crippen molar-refractivity contribution < 1.29 is 19.5 Å². The fraction of sp³-hybridized carbons (Fsp3) is 0.545. The highest BCUT2D eigenvalue weighted by Crippen LogP contribution is 2.53. The molecule has 0 aliphatic heterocycles. The predicted octanol–water partition coefficient (Wildman–Crippen LogP) is 3.64. The number of carbonyl (C=O) groups excluding carboxylic acids is 1. The first-order valence-corrected chi connectivity index (χ1v) is 10.00. The minimum absolute atomic E-state index is 0.174. The fourth-order valence-electron chi connectivity index (χ4n) is 5.16. The molecule has 4 rings (SSSR count). The summed E-state index contributed by atoms with van der Waals surface area (Å²) in [6.07, 6.45) is 8.60. The summed E-state index contributed by atoms with van der Waals surface area (Å²) in [6.45, 7) is 0. The van der Waals surface area contributed by atoms with Crippen LogP contribution in [0.25, 0.3) is 0 Å². The first-order valence-electron chi connectivity index (χ1n) is 10.00. The number of ether oxygens (including phenoxy) is 2. The van der Waals surface area contributed by atoms with E-state index >= 15 is 0 Å². The number of hydroxylamine groups is 1. The van der Waals surface area contributed by atoms with Crippen molar-refractivity contribution in [1.29, 1.82) is 5.26 Å². The lowest BCUT2D eigenvalue weighted by atomic mass is 9.78. The molecule has 0 radical (unpaired) electrons. The number of nitriles is 1. The molecule has 3 atom stereocenters. The molecule has 0 unspecified atom stereocenters. The molecule has 0 saturated heterocycles. The number of allylic oxidation sites excluding steroid dienone is 1. The number of carbonyl (C=O) groups is 1. The van der Waals surface area contributed by atoms with E-state index in [0.29, 0.717) is 30.6 Å². The number of hydrogen-bond acceptors (Lipinski definition) is 5. The smallest absolute Gasteiger partial charge is 0.270 e. The van der Waals surface area contributed by atoms with Crippen LogP contribution in [0.5, 0.6) is 11.5 Å². The Morgan fingerprint density at radius 1 is 1.29 bits per heavy atom. The van der Waals surface area contributed by atoms with Gasteiger partial charge in [0.05, 0.1) is 24.7 Å². The van der Waals surface area contributed by atoms with Crippen LogP contribution in [0.1, 0.15) is 50.5 Å². The number of rotatable bonds is 5. The van der Waals surface area contributed by atoms with Crippen LogP contribution in [-0.2, 0) is 10.2 Å². The Balaban J connectivity index is 1.60. The van der Waals surface area contributed by atoms with E-state index in [9.17, 15) is 10.1 Å². The first kappa shape index (κ1) is 18.8. The lowest BCUT2D eigenvalue weighted by Crippen LogP contribution is -2.23. The number of nitrogens with one attached hydrogen (secondary N) is 1. The van der Waals surface area contributed by atoms with E-state index in [2.05, 4.69) is 6.07 Å². The number of amides is 1. The van der Waals surface area contributed by atoms with Gasteiger partial charge in [-0.3, -0.25) is 10.0 Å². The molecule has 1 aromatic rings. The van der Waals surface area contributed by atoms with Gasteiger partial charge < -0.3 is 9.47 Å². The van der Waals surface area contributed by atoms with Gasteiger partial charge in [0.1, 0.15) is 0 Å². The van der Waals surface area contributed by atoms with Crippen molar-refractivity contribution >= 4 is 5.91 Å². The lowest BCUT2D eigenvalue weighted by Gasteiger charge is -2.24. The third-order valence-electron chi connectivity index (χ3n) is 6.62. The van der Waals surface area contributed by atoms with E-state index in [1.807, 2.05) is 24.3 Å². The van der Waals surface area contributed by atoms with Crippen LogP contribution in [0, 0.1) is 23.2 Å². The Morgan fingerprint density at radius 2 is 2.07 bits per heavy atom. The summed E-state index contributed by atoms with van der Waals surface area (Å²) in [4.78, 5) is 11.7. The Labute approximate surface area is 165 Å². The summed E-state index contributed by atoms with van der Waals surface area (Å²) in [5.74, 6) is 1.40. The van der Waals surface area contributed by atoms with Gasteiger partial charge in [-0.15, -0.1) is 0 Å². The average molecular weight is 382 g/mol. The zero-order valence-corrected chi connectivity index (χ0v) is 16.1. The maximum Gasteiger partial charge on any atom is 0.270 e. The summed E-state index contributed by atoms with van der Waals surface area (Å²) in [5.41, 5.74) is 2.70. The summed E-state index contributed by atoms with van der Waals surface area (Å²) in [7, 11) is 1.63. The molecular weight excluding hydrogens is 356 g/mol. The summed E-state index contributed by atoms with van der Waals surface area (Å²) in [6, 6.07) is 8.41. The third kappa shape index (κ3) is 3.24. The number of nitrogens with zero attached hydrogens (tertiary/aromatic N) is 1. The Bertz CT molecular complexity index is 837. The molecule has 148 valence electrons. The number of methoxy groups -OCH3 is 1. The van der Waals surface area contributed by atoms with Crippen molar-refractivity contribution in [2.75, 3.05) is 7.11 Å². The van der Waals surface area contributed by atoms with E-state index in [1.54, 1.807) is 12.6 Å². The Hall–Kier alpha value is -2.52. The monoisotopic (exact) mass is 382 g/mol. The zero-order valence-electron chi connectivity index (χ0n) is 16.1. The van der Waals surface area contributed by atoms with Crippen molar-refractivity contribution in [1.82, 2.24) is 5.48 Å². The van der Waals surface area contributed by atoms with Gasteiger partial charge in [-0.25, -0.2) is 5.48 Å². The van der Waals surface area contributed by atoms with Crippen LogP contribution in [0.2, 0.25) is 0 Å². The zero-order chi connectivity index (χ0) is 19.7. The van der Waals surface area contributed by atoms with Crippen LogP contribution in [0.3, 0.4) is 0 Å². The number of fused-ring (bicyclic) bond motifs is 1. The molecule has 2 saturated carbocycles. The quantitative estimate of drug-likeness (QED) is 0.599. The second-order valence-corrected chi connectivity index (χ2v) is 8.25. The Morgan fingerprint density at radius 3 is 2.71 bits per heavy atom. The van der Waals surface area contributed by atoms with Gasteiger partial charge in [0.25, 0.3) is 5.91 Å². The van der Waals surface area contributed by atoms with Gasteiger partial charge in [-0.1, -0.05) is 12.1 Å². The molecule has 3 aliphatic carbocycles. The predicted molar refractivity (Wildman–Crippen MR) is 102 cm³/mol. The fourth-order valence-corrected chi connectivity index (χ4v) is 5.16. The molecule has 6 heteroatoms. The number of benzene rings is 1. The molecule has 0 aromatic heterocycles. The molecule has 0 spiro atoms. The van der Waals surface area contributed by atoms with Crippen LogP contribution in [0.15, 0.2) is 29.8 Å². The second-order valence-electron chi connectivity index (χ2n) is 8.25. The second kappa shape index (κ2) is 7.48. The van der Waals surface area contributed by atoms with E-state index in [4.69, 9.17) is 14.7 Å². The van der Waals surface area contributed by atoms with Crippen LogP contribution in [-0.4, -0.2) is 24.3 Å². The topological polar surface area (TPSA) is 91.6 Å². The van der Waals surface area contributed by atoms with Crippen molar-refractivity contribution in [3.05, 3.63) is 35.4 Å². The highest BCUT2D eigenvalue weighted by molar-refractivity contribution is 5.93.